The highest BCUT2D eigenvalue weighted by Gasteiger charge is 2.33. The molecule has 1 aromatic rings. The average molecular weight is 325 g/mol. The van der Waals surface area contributed by atoms with Gasteiger partial charge in [0, 0.05) is 5.04 Å². The van der Waals surface area contributed by atoms with Gasteiger partial charge in [-0.15, -0.1) is 0 Å². The maximum Gasteiger partial charge on any atom is 0.265 e. The second-order valence-corrected chi connectivity index (χ2v) is 14.1. The molecule has 1 rings (SSSR count). The van der Waals surface area contributed by atoms with Crippen molar-refractivity contribution in [2.24, 2.45) is 0 Å². The molecule has 1 unspecified atom stereocenters. The summed E-state index contributed by atoms with van der Waals surface area (Å²) in [6, 6.07) is 9.22. The summed E-state index contributed by atoms with van der Waals surface area (Å²) < 4.78 is 28.1. The van der Waals surface area contributed by atoms with E-state index in [1.54, 1.807) is 0 Å². The first-order valence-electron chi connectivity index (χ1n) is 6.88. The van der Waals surface area contributed by atoms with E-state index in [-0.39, 0.29) is 5.04 Å². The van der Waals surface area contributed by atoms with Gasteiger partial charge in [-0.1, -0.05) is 75.7 Å². The van der Waals surface area contributed by atoms with Crippen LogP contribution in [0.5, 0.6) is 0 Å². The highest BCUT2D eigenvalue weighted by Crippen LogP contribution is 2.36. The van der Waals surface area contributed by atoms with Gasteiger partial charge in [0.2, 0.25) is 0 Å². The van der Waals surface area contributed by atoms with E-state index in [0.717, 1.165) is 11.8 Å². The summed E-state index contributed by atoms with van der Waals surface area (Å²) in [4.78, 5) is 0. The third-order valence-corrected chi connectivity index (χ3v) is 8.18. The molecule has 0 amide bonds. The number of hydrogen-bond donors (Lipinski definition) is 0. The van der Waals surface area contributed by atoms with E-state index < -0.39 is 24.3 Å². The molecule has 116 valence electrons. The first-order valence-corrected chi connectivity index (χ1v) is 12.2. The molecule has 0 N–H and O–H groups in total. The first-order chi connectivity index (χ1) is 9.42. The van der Waals surface area contributed by atoms with Gasteiger partial charge in [-0.2, -0.15) is 8.42 Å². The summed E-state index contributed by atoms with van der Waals surface area (Å²) in [6.45, 7) is 11.0. The molecule has 0 saturated carbocycles. The van der Waals surface area contributed by atoms with Crippen molar-refractivity contribution in [2.75, 3.05) is 6.26 Å². The Hall–Kier alpha value is -1.09. The summed E-state index contributed by atoms with van der Waals surface area (Å²) in [5.74, 6) is 6.27. The molecule has 1 atom stereocenters. The minimum absolute atomic E-state index is 0.124. The van der Waals surface area contributed by atoms with E-state index in [1.165, 1.54) is 0 Å². The minimum atomic E-state index is -3.57. The summed E-state index contributed by atoms with van der Waals surface area (Å²) >= 11 is 0. The van der Waals surface area contributed by atoms with Crippen LogP contribution in [0.15, 0.2) is 30.3 Å². The summed E-state index contributed by atoms with van der Waals surface area (Å²) in [6.07, 6.45) is 0.297. The van der Waals surface area contributed by atoms with E-state index in [0.29, 0.717) is 0 Å². The zero-order valence-corrected chi connectivity index (χ0v) is 15.4. The molecule has 0 aromatic heterocycles. The van der Waals surface area contributed by atoms with Gasteiger partial charge in [-0.25, -0.2) is 4.18 Å². The number of rotatable bonds is 4. The third-order valence-electron chi connectivity index (χ3n) is 3.76. The van der Waals surface area contributed by atoms with Crippen LogP contribution in [0.2, 0.25) is 24.7 Å². The maximum absolute atomic E-state index is 11.5. The van der Waals surface area contributed by atoms with Crippen LogP contribution in [0.3, 0.4) is 0 Å². The summed E-state index contributed by atoms with van der Waals surface area (Å²) in [5, 5.41) is -0.124. The van der Waals surface area contributed by atoms with Crippen molar-refractivity contribution in [3.63, 3.8) is 0 Å². The van der Waals surface area contributed by atoms with Crippen molar-refractivity contribution in [3.05, 3.63) is 35.9 Å². The quantitative estimate of drug-likeness (QED) is 0.480. The topological polar surface area (TPSA) is 43.4 Å². The summed E-state index contributed by atoms with van der Waals surface area (Å²) in [5.41, 5.74) is 0.752. The van der Waals surface area contributed by atoms with Gasteiger partial charge >= 0.3 is 0 Å². The largest absolute Gasteiger partial charge is 0.265 e. The monoisotopic (exact) mass is 324 g/mol. The highest BCUT2D eigenvalue weighted by atomic mass is 32.2. The molecule has 0 aliphatic heterocycles. The fraction of sp³-hybridized carbons (Fsp3) is 0.500. The van der Waals surface area contributed by atoms with E-state index in [4.69, 9.17) is 4.18 Å². The Morgan fingerprint density at radius 3 is 2.10 bits per heavy atom. The molecule has 0 spiro atoms. The van der Waals surface area contributed by atoms with Gasteiger partial charge < -0.3 is 0 Å². The minimum Gasteiger partial charge on any atom is -0.249 e. The Morgan fingerprint density at radius 2 is 1.67 bits per heavy atom. The van der Waals surface area contributed by atoms with E-state index in [1.807, 2.05) is 30.3 Å². The van der Waals surface area contributed by atoms with Crippen molar-refractivity contribution in [3.8, 4) is 11.8 Å². The fourth-order valence-electron chi connectivity index (χ4n) is 1.40. The second-order valence-electron chi connectivity index (χ2n) is 6.74. The molecular formula is C16H24O3SSi. The Labute approximate surface area is 129 Å². The Morgan fingerprint density at radius 1 is 1.14 bits per heavy atom. The van der Waals surface area contributed by atoms with E-state index >= 15 is 0 Å². The Balaban J connectivity index is 3.17. The lowest BCUT2D eigenvalue weighted by Crippen LogP contribution is -2.34. The van der Waals surface area contributed by atoms with Crippen LogP contribution in [-0.2, 0) is 14.3 Å². The molecule has 0 radical (unpaired) electrons. The van der Waals surface area contributed by atoms with Crippen LogP contribution in [0, 0.1) is 11.8 Å². The standard InChI is InChI=1S/C16H24O3SSi/c1-16(2,21(4,5)6)13-12-15(19-20(3,17)18)14-10-8-7-9-11-14/h7-11,15H,1-6H3. The van der Waals surface area contributed by atoms with Crippen molar-refractivity contribution in [1.29, 1.82) is 0 Å². The van der Waals surface area contributed by atoms with Gasteiger partial charge in [-0.05, 0) is 5.56 Å². The first kappa shape index (κ1) is 18.0. The molecule has 21 heavy (non-hydrogen) atoms. The van der Waals surface area contributed by atoms with Crippen LogP contribution < -0.4 is 0 Å². The number of hydrogen-bond acceptors (Lipinski definition) is 3. The normalized spacial score (nSPS) is 14.2. The van der Waals surface area contributed by atoms with Gasteiger partial charge in [0.05, 0.1) is 14.3 Å². The van der Waals surface area contributed by atoms with Crippen LogP contribution >= 0.6 is 0 Å². The van der Waals surface area contributed by atoms with Crippen LogP contribution in [0.4, 0.5) is 0 Å². The Kier molecular flexibility index (Phi) is 5.43. The lowest BCUT2D eigenvalue weighted by molar-refractivity contribution is 0.273. The molecule has 1 aromatic carbocycles. The van der Waals surface area contributed by atoms with Crippen LogP contribution in [-0.4, -0.2) is 22.7 Å². The number of benzene rings is 1. The summed E-state index contributed by atoms with van der Waals surface area (Å²) in [7, 11) is -5.06. The third kappa shape index (κ3) is 5.66. The zero-order valence-electron chi connectivity index (χ0n) is 13.6. The van der Waals surface area contributed by atoms with Crippen molar-refractivity contribution in [1.82, 2.24) is 0 Å². The second kappa shape index (κ2) is 6.35. The average Bonchev–Trinajstić information content (AvgIpc) is 2.33. The molecular weight excluding hydrogens is 300 g/mol. The van der Waals surface area contributed by atoms with Crippen LogP contribution in [0.25, 0.3) is 0 Å². The highest BCUT2D eigenvalue weighted by molar-refractivity contribution is 7.86. The predicted molar refractivity (Wildman–Crippen MR) is 90.3 cm³/mol. The van der Waals surface area contributed by atoms with Crippen molar-refractivity contribution >= 4 is 18.2 Å². The molecule has 0 aliphatic carbocycles. The Bertz CT molecular complexity index is 632. The van der Waals surface area contributed by atoms with Crippen molar-refractivity contribution < 1.29 is 12.6 Å². The lowest BCUT2D eigenvalue weighted by Gasteiger charge is -2.32. The molecule has 0 saturated heterocycles. The molecule has 3 nitrogen and oxygen atoms in total. The molecule has 0 bridgehead atoms. The zero-order chi connectivity index (χ0) is 16.3. The smallest absolute Gasteiger partial charge is 0.249 e. The van der Waals surface area contributed by atoms with Gasteiger partial charge in [0.1, 0.15) is 0 Å². The maximum atomic E-state index is 11.5. The van der Waals surface area contributed by atoms with Crippen LogP contribution in [0.1, 0.15) is 25.5 Å². The SMILES string of the molecule is CC(C)(C#CC(OS(C)(=O)=O)c1ccccc1)[Si](C)(C)C. The van der Waals surface area contributed by atoms with E-state index in [9.17, 15) is 8.42 Å². The van der Waals surface area contributed by atoms with Gasteiger partial charge in [0.25, 0.3) is 10.1 Å². The van der Waals surface area contributed by atoms with Gasteiger partial charge in [0.15, 0.2) is 6.10 Å². The van der Waals surface area contributed by atoms with Gasteiger partial charge in [-0.3, -0.25) is 0 Å². The van der Waals surface area contributed by atoms with E-state index in [2.05, 4.69) is 45.3 Å². The van der Waals surface area contributed by atoms with Crippen molar-refractivity contribution in [2.45, 2.75) is 44.6 Å². The molecule has 0 fully saturated rings. The molecule has 0 heterocycles. The predicted octanol–water partition coefficient (Wildman–Crippen LogP) is 3.83. The fourth-order valence-corrected chi connectivity index (χ4v) is 2.36. The molecule has 0 aliphatic rings. The molecule has 5 heteroatoms. The lowest BCUT2D eigenvalue weighted by atomic mass is 10.1.